The van der Waals surface area contributed by atoms with Crippen LogP contribution >= 0.6 is 23.2 Å². The Kier molecular flexibility index (Phi) is 40.3. The van der Waals surface area contributed by atoms with Crippen molar-refractivity contribution in [3.8, 4) is 22.7 Å². The summed E-state index contributed by atoms with van der Waals surface area (Å²) in [7, 11) is 2.95. The van der Waals surface area contributed by atoms with Crippen LogP contribution in [0.25, 0.3) is 33.2 Å². The molecule has 0 spiro atoms. The molecule has 0 radical (unpaired) electrons. The Hall–Kier alpha value is -13.4. The molecule has 8 saturated heterocycles. The Balaban J connectivity index is 0.000000197. The predicted molar refractivity (Wildman–Crippen MR) is 501 cm³/mol. The number of tetrazole rings is 4. The number of halogens is 6. The number of benzene rings is 5. The highest BCUT2D eigenvalue weighted by Gasteiger charge is 2.44. The number of hydrogen-bond donors (Lipinski definition) is 5. The van der Waals surface area contributed by atoms with Gasteiger partial charge < -0.3 is 45.5 Å². The Labute approximate surface area is 796 Å². The van der Waals surface area contributed by atoms with Gasteiger partial charge in [0, 0.05) is 178 Å². The number of nitrogens with two attached hydrogens (primary N) is 1. The number of aryl methyl sites for hydroxylation is 3. The first-order valence-electron chi connectivity index (χ1n) is 42.4. The van der Waals surface area contributed by atoms with Crippen LogP contribution in [0, 0.1) is 63.7 Å². The molecule has 0 amide bonds. The number of aliphatic hydroxyl groups excluding tert-OH is 1. The van der Waals surface area contributed by atoms with Gasteiger partial charge in [0.15, 0.2) is 11.6 Å². The maximum absolute atomic E-state index is 13.7. The smallest absolute Gasteiger partial charge is 0.368 e. The van der Waals surface area contributed by atoms with Gasteiger partial charge in [-0.3, -0.25) is 64.9 Å². The highest BCUT2D eigenvalue weighted by atomic mass is 35.5. The van der Waals surface area contributed by atoms with E-state index in [-0.39, 0.29) is 84.0 Å². The van der Waals surface area contributed by atoms with Crippen LogP contribution in [0.2, 0.25) is 24.9 Å². The third kappa shape index (κ3) is 29.3. The minimum Gasteiger partial charge on any atom is -0.399 e. The number of anilines is 4. The molecule has 6 N–H and O–H groups in total. The molecule has 0 saturated carbocycles. The van der Waals surface area contributed by atoms with Gasteiger partial charge in [-0.2, -0.15) is 37.8 Å². The molecule has 18 rings (SSSR count). The van der Waals surface area contributed by atoms with Gasteiger partial charge >= 0.3 is 22.8 Å². The lowest BCUT2D eigenvalue weighted by Crippen LogP contribution is -2.56. The molecule has 8 aliphatic heterocycles. The molecule has 0 bridgehead atoms. The minimum absolute atomic E-state index is 0. The zero-order valence-corrected chi connectivity index (χ0v) is 77.8. The Morgan fingerprint density at radius 2 is 0.986 bits per heavy atom. The fourth-order valence-corrected chi connectivity index (χ4v) is 15.6. The first kappa shape index (κ1) is 110. The normalized spacial score (nSPS) is 17.4. The van der Waals surface area contributed by atoms with Crippen molar-refractivity contribution in [3.05, 3.63) is 224 Å². The van der Waals surface area contributed by atoms with E-state index in [1.54, 1.807) is 26.1 Å². The van der Waals surface area contributed by atoms with Gasteiger partial charge in [-0.15, -0.1) is 4.78 Å². The van der Waals surface area contributed by atoms with Crippen molar-refractivity contribution < 1.29 is 61.4 Å². The van der Waals surface area contributed by atoms with Gasteiger partial charge in [0.05, 0.1) is 106 Å². The average molecular weight is 1990 g/mol. The number of fused-ring (bicyclic) bond motifs is 1. The molecule has 748 valence electrons. The number of rotatable bonds is 17. The van der Waals surface area contributed by atoms with Gasteiger partial charge in [0.1, 0.15) is 42.7 Å². The second-order valence-electron chi connectivity index (χ2n) is 33.0. The van der Waals surface area contributed by atoms with Crippen LogP contribution in [0.5, 0.6) is 0 Å². The maximum atomic E-state index is 13.7. The second-order valence-corrected chi connectivity index (χ2v) is 38.2. The molecule has 10 aromatic rings. The summed E-state index contributed by atoms with van der Waals surface area (Å²) in [6.07, 6.45) is 5.62. The summed E-state index contributed by atoms with van der Waals surface area (Å²) >= 11 is 10.7. The molecule has 58 heteroatoms. The number of piperidine rings is 1. The number of nitrogens with one attached hydrogen (secondary N) is 3. The third-order valence-corrected chi connectivity index (χ3v) is 23.2. The molecule has 0 unspecified atom stereocenters. The summed E-state index contributed by atoms with van der Waals surface area (Å²) in [6.45, 7) is 30.5. The third-order valence-electron chi connectivity index (χ3n) is 22.1. The van der Waals surface area contributed by atoms with Crippen LogP contribution in [0.3, 0.4) is 0 Å². The topological polar surface area (TPSA) is 603 Å². The molecule has 5 aromatic carbocycles. The van der Waals surface area contributed by atoms with E-state index in [1.807, 2.05) is 36.9 Å². The van der Waals surface area contributed by atoms with E-state index in [1.165, 1.54) is 68.1 Å². The van der Waals surface area contributed by atoms with Gasteiger partial charge in [-0.1, -0.05) is 34.5 Å². The van der Waals surface area contributed by atoms with Gasteiger partial charge in [-0.25, -0.2) is 46.8 Å². The minimum atomic E-state index is -1.45. The van der Waals surface area contributed by atoms with E-state index in [0.29, 0.717) is 44.6 Å². The monoisotopic (exact) mass is 1990 g/mol. The van der Waals surface area contributed by atoms with Crippen LogP contribution < -0.4 is 48.9 Å². The number of H-pyrrole nitrogens is 1. The number of hydrogen-bond acceptors (Lipinski definition) is 37. The van der Waals surface area contributed by atoms with Crippen LogP contribution in [0.4, 0.5) is 63.2 Å². The lowest BCUT2D eigenvalue weighted by molar-refractivity contribution is -0.385. The van der Waals surface area contributed by atoms with Crippen LogP contribution in [-0.2, 0) is 35.4 Å². The quantitative estimate of drug-likeness (QED) is 0.00631. The van der Waals surface area contributed by atoms with E-state index in [2.05, 4.69) is 115 Å². The summed E-state index contributed by atoms with van der Waals surface area (Å²) in [5.74, 6) is -2.69. The van der Waals surface area contributed by atoms with Crippen molar-refractivity contribution in [1.29, 1.82) is 0 Å². The number of nitrogen functional groups attached to an aromatic ring is 1. The lowest BCUT2D eigenvalue weighted by Gasteiger charge is -2.47. The predicted octanol–water partition coefficient (Wildman–Crippen LogP) is 6.37. The highest BCUT2D eigenvalue weighted by Crippen LogP contribution is 2.39. The first-order chi connectivity index (χ1) is 64.7. The second kappa shape index (κ2) is 50.6. The van der Waals surface area contributed by atoms with E-state index in [0.717, 1.165) is 210 Å². The lowest BCUT2D eigenvalue weighted by atomic mass is 9.84. The number of nitro groups is 4. The zero-order valence-electron chi connectivity index (χ0n) is 75.3. The van der Waals surface area contributed by atoms with Gasteiger partial charge in [0.25, 0.3) is 28.0 Å². The highest BCUT2D eigenvalue weighted by molar-refractivity contribution is 6.74. The Morgan fingerprint density at radius 3 is 1.38 bits per heavy atom. The SMILES string of the molecule is C.C.C1CN(C2COC2)CCN1.CC1(C)C[C@H](Nc2nc(Cl)ncc2F)C[C@@H]2CCCN21.CCO.C[Si](C)(C)N=[N+]=[N-].Cn1nnn(-c2cc(N)ccc2N2CCN(C3COC3)CC2)c1=O.Cn1nnn(-c2cc([N+](=O)[O-])ccc2F)c1=O.Cn1nnn(-c2cc([N+](=O)[O-])ccc2N2CCN(C3COC3)CC2)c1=O.O=C(Cl)c1cc([N+](=O)[O-])ccc1F.O=c1[nH]nnn1-c1cc([N+](=O)[O-])ccc1F. The summed E-state index contributed by atoms with van der Waals surface area (Å²) in [5, 5.41) is 86.0. The fraction of sp³-hybridized carbons (Fsp3) is 0.512. The standard InChI is InChI=1S/C15H19N7O4.C15H21N7O2.C14H20ClFN4.C8H6FN5O3.C7H3ClFNO3.C7H4FN5O3.C7H14N2O.C3H9N3Si.C2H6O.2CH4/c1-18-15(23)21(17-16-18)14-8-11(22(24)25)2-3-13(14)20-6-4-19(5-7-20)12-9-26-10-12;1-19-15(23)22(18-17-19)14-8-11(16)2-3-13(14)21-6-4-20(5-7-21)12-9-24-10-12;1-14(2)7-9(6-10-4-3-5-20(10)14)18-12-11(16)8-17-13(15)19-12;1-12-8(15)13(11-10-12)7-4-5(14(16)17)2-3-6(7)9;8-7(11)5-3-4(10(12)13)1-2-6(5)9;8-5-2-1-4(13(15)16)3-6(5)12-7(14)9-10-11-12;1-3-9(4-2-8-1)7-5-10-6-7;1-7(2,3)6-5-4;1-2-3;;/h2-3,8,12H,4-7,9-10H2,1H3;2-3,8,12H,4-7,9-10,16H2,1H3;8-10H,3-7H2,1-2H3,(H,17,18,19);2-4H,1H3;1-3H;1-3H,(H,9,11,14);7-8H,1-6H2;1-3H3;3H,2H2,1H3;2*1H4/t;;9-,10+;;;;;;;;/m..1......../s1. The number of aromatic amines is 1. The summed E-state index contributed by atoms with van der Waals surface area (Å²) < 4.78 is 79.3. The van der Waals surface area contributed by atoms with Crippen LogP contribution in [0.15, 0.2) is 121 Å². The Bertz CT molecular complexity index is 6100. The van der Waals surface area contributed by atoms with Crippen molar-refractivity contribution in [3.63, 3.8) is 0 Å². The van der Waals surface area contributed by atoms with Crippen molar-refractivity contribution in [2.45, 2.75) is 117 Å². The Morgan fingerprint density at radius 1 is 0.580 bits per heavy atom. The molecule has 13 heterocycles. The number of carbonyl (C=O) groups excluding carboxylic acids is 1. The van der Waals surface area contributed by atoms with E-state index in [4.69, 9.17) is 53.8 Å². The molecule has 138 heavy (non-hydrogen) atoms. The fourth-order valence-electron chi connectivity index (χ4n) is 15.0. The number of azide groups is 1. The van der Waals surface area contributed by atoms with Crippen LogP contribution in [-0.4, -0.2) is 315 Å². The molecular formula is C80H110Cl2F4N34O17Si. The number of piperazine rings is 3. The van der Waals surface area contributed by atoms with E-state index >= 15 is 0 Å². The molecule has 5 aromatic heterocycles. The number of aliphatic hydroxyl groups is 1. The molecular weight excluding hydrogens is 1880 g/mol. The van der Waals surface area contributed by atoms with E-state index < -0.39 is 79.1 Å². The number of aromatic nitrogens is 18. The zero-order chi connectivity index (χ0) is 99.0. The van der Waals surface area contributed by atoms with Crippen molar-refractivity contribution in [2.24, 2.45) is 25.9 Å². The molecule has 51 nitrogen and oxygen atoms in total. The molecule has 2 atom stereocenters. The molecule has 8 fully saturated rings. The largest absolute Gasteiger partial charge is 0.399 e. The van der Waals surface area contributed by atoms with E-state index in [9.17, 15) is 82.0 Å². The number of non-ortho nitro benzene ring substituents is 4. The van der Waals surface area contributed by atoms with Crippen molar-refractivity contribution in [1.82, 2.24) is 114 Å². The van der Waals surface area contributed by atoms with Crippen LogP contribution in [0.1, 0.15) is 71.7 Å². The summed E-state index contributed by atoms with van der Waals surface area (Å²) in [6, 6.07) is 20.9. The summed E-state index contributed by atoms with van der Waals surface area (Å²) in [5.41, 5.74) is 12.8. The first-order valence-corrected chi connectivity index (χ1v) is 46.6. The summed E-state index contributed by atoms with van der Waals surface area (Å²) in [4.78, 5) is 122. The molecule has 8 aliphatic rings. The number of nitro benzene ring substituents is 4. The van der Waals surface area contributed by atoms with Crippen molar-refractivity contribution >= 4 is 82.3 Å². The molecule has 0 aliphatic carbocycles. The number of ether oxygens (including phenoxy) is 3. The number of carbonyl (C=O) groups is 1. The van der Waals surface area contributed by atoms with Gasteiger partial charge in [0.2, 0.25) is 5.28 Å². The maximum Gasteiger partial charge on any atom is 0.368 e. The average Bonchev–Trinajstić information content (AvgIpc) is 1.30. The van der Waals surface area contributed by atoms with Gasteiger partial charge in [-0.05, 0) is 171 Å². The van der Waals surface area contributed by atoms with Crippen molar-refractivity contribution in [2.75, 3.05) is 152 Å². The number of nitrogens with zero attached hydrogens (tertiary/aromatic N) is 30.